The van der Waals surface area contributed by atoms with Crippen molar-refractivity contribution < 1.29 is 19.5 Å². The van der Waals surface area contributed by atoms with Crippen molar-refractivity contribution in [1.82, 2.24) is 5.32 Å². The molecule has 6 nitrogen and oxygen atoms in total. The van der Waals surface area contributed by atoms with Crippen LogP contribution in [0.2, 0.25) is 0 Å². The molecule has 6 heteroatoms. The Morgan fingerprint density at radius 3 is 2.36 bits per heavy atom. The molecule has 0 saturated carbocycles. The minimum atomic E-state index is -1.16. The molecule has 25 heavy (non-hydrogen) atoms. The molecule has 0 spiro atoms. The number of rotatable bonds is 4. The Labute approximate surface area is 145 Å². The molecule has 128 valence electrons. The first-order valence-electron chi connectivity index (χ1n) is 7.95. The molecule has 1 aliphatic heterocycles. The van der Waals surface area contributed by atoms with E-state index in [0.717, 1.165) is 5.56 Å². The van der Waals surface area contributed by atoms with Crippen molar-refractivity contribution in [2.45, 2.75) is 25.4 Å². The van der Waals surface area contributed by atoms with Gasteiger partial charge in [0.25, 0.3) is 0 Å². The lowest BCUT2D eigenvalue weighted by molar-refractivity contribution is -0.142. The van der Waals surface area contributed by atoms with Gasteiger partial charge in [0, 0.05) is 19.0 Å². The number of benzene rings is 2. The summed E-state index contributed by atoms with van der Waals surface area (Å²) in [5.41, 5.74) is 2.07. The number of carbonyl (C=O) groups is 3. The summed E-state index contributed by atoms with van der Waals surface area (Å²) in [4.78, 5) is 37.8. The fourth-order valence-corrected chi connectivity index (χ4v) is 3.16. The maximum absolute atomic E-state index is 12.7. The summed E-state index contributed by atoms with van der Waals surface area (Å²) in [6.07, 6.45) is 0.364. The standard InChI is InChI=1S/C19H18N2O4/c1-12(22)21-15-10-6-5-9-14(15)11-16(21)18(23)20-17(19(24)25)13-7-3-2-4-8-13/h2-10,16-17H,11H2,1H3,(H,20,23)(H,24,25)/t16-,17?/m0/s1. The van der Waals surface area contributed by atoms with E-state index in [2.05, 4.69) is 5.32 Å². The highest BCUT2D eigenvalue weighted by atomic mass is 16.4. The van der Waals surface area contributed by atoms with E-state index in [9.17, 15) is 19.5 Å². The molecular weight excluding hydrogens is 320 g/mol. The molecule has 3 rings (SSSR count). The van der Waals surface area contributed by atoms with Crippen LogP contribution in [0.25, 0.3) is 0 Å². The fraction of sp³-hybridized carbons (Fsp3) is 0.211. The van der Waals surface area contributed by atoms with Gasteiger partial charge in [-0.05, 0) is 17.2 Å². The molecule has 0 fully saturated rings. The molecule has 2 aromatic carbocycles. The van der Waals surface area contributed by atoms with Crippen LogP contribution in [-0.4, -0.2) is 28.9 Å². The van der Waals surface area contributed by atoms with Gasteiger partial charge < -0.3 is 10.4 Å². The molecule has 0 aliphatic carbocycles. The lowest BCUT2D eigenvalue weighted by Crippen LogP contribution is -2.49. The largest absolute Gasteiger partial charge is 0.479 e. The molecule has 1 aliphatic rings. The van der Waals surface area contributed by atoms with Gasteiger partial charge in [-0.3, -0.25) is 14.5 Å². The van der Waals surface area contributed by atoms with E-state index in [1.165, 1.54) is 11.8 Å². The lowest BCUT2D eigenvalue weighted by atomic mass is 10.1. The zero-order chi connectivity index (χ0) is 18.0. The summed E-state index contributed by atoms with van der Waals surface area (Å²) < 4.78 is 0. The maximum atomic E-state index is 12.7. The second-order valence-electron chi connectivity index (χ2n) is 5.93. The second kappa shape index (κ2) is 6.76. The van der Waals surface area contributed by atoms with Crippen molar-refractivity contribution >= 4 is 23.5 Å². The van der Waals surface area contributed by atoms with Crippen LogP contribution in [0.5, 0.6) is 0 Å². The number of hydrogen-bond donors (Lipinski definition) is 2. The monoisotopic (exact) mass is 338 g/mol. The summed E-state index contributed by atoms with van der Waals surface area (Å²) in [6.45, 7) is 1.40. The molecule has 2 N–H and O–H groups in total. The number of hydrogen-bond acceptors (Lipinski definition) is 3. The van der Waals surface area contributed by atoms with Crippen LogP contribution >= 0.6 is 0 Å². The summed E-state index contributed by atoms with van der Waals surface area (Å²) in [5, 5.41) is 12.0. The highest BCUT2D eigenvalue weighted by molar-refractivity contribution is 6.03. The van der Waals surface area contributed by atoms with Crippen molar-refractivity contribution in [2.24, 2.45) is 0 Å². The summed E-state index contributed by atoms with van der Waals surface area (Å²) >= 11 is 0. The van der Waals surface area contributed by atoms with Crippen molar-refractivity contribution in [3.8, 4) is 0 Å². The number of para-hydroxylation sites is 1. The van der Waals surface area contributed by atoms with Crippen molar-refractivity contribution in [2.75, 3.05) is 4.90 Å². The summed E-state index contributed by atoms with van der Waals surface area (Å²) in [7, 11) is 0. The molecule has 1 unspecified atom stereocenters. The number of carbonyl (C=O) groups excluding carboxylic acids is 2. The van der Waals surface area contributed by atoms with E-state index in [0.29, 0.717) is 17.7 Å². The molecule has 0 bridgehead atoms. The zero-order valence-electron chi connectivity index (χ0n) is 13.7. The lowest BCUT2D eigenvalue weighted by Gasteiger charge is -2.25. The Morgan fingerprint density at radius 2 is 1.72 bits per heavy atom. The molecule has 0 radical (unpaired) electrons. The third kappa shape index (κ3) is 3.24. The minimum Gasteiger partial charge on any atom is -0.479 e. The number of carboxylic acids is 1. The molecule has 1 heterocycles. The third-order valence-corrected chi connectivity index (χ3v) is 4.28. The first-order valence-corrected chi connectivity index (χ1v) is 7.95. The quantitative estimate of drug-likeness (QED) is 0.891. The average Bonchev–Trinajstić information content (AvgIpc) is 2.99. The van der Waals surface area contributed by atoms with Gasteiger partial charge in [0.05, 0.1) is 0 Å². The number of carboxylic acid groups (broad SMARTS) is 1. The van der Waals surface area contributed by atoms with E-state index >= 15 is 0 Å². The minimum absolute atomic E-state index is 0.253. The van der Waals surface area contributed by atoms with Crippen molar-refractivity contribution in [3.05, 3.63) is 65.7 Å². The highest BCUT2D eigenvalue weighted by Crippen LogP contribution is 2.32. The SMILES string of the molecule is CC(=O)N1c2ccccc2C[C@H]1C(=O)NC(C(=O)O)c1ccccc1. The maximum Gasteiger partial charge on any atom is 0.330 e. The second-order valence-corrected chi connectivity index (χ2v) is 5.93. The first-order chi connectivity index (χ1) is 12.0. The van der Waals surface area contributed by atoms with Crippen LogP contribution in [0.4, 0.5) is 5.69 Å². The van der Waals surface area contributed by atoms with Gasteiger partial charge in [-0.25, -0.2) is 4.79 Å². The van der Waals surface area contributed by atoms with E-state index in [4.69, 9.17) is 0 Å². The van der Waals surface area contributed by atoms with Gasteiger partial charge in [-0.2, -0.15) is 0 Å². The van der Waals surface area contributed by atoms with E-state index < -0.39 is 24.0 Å². The molecule has 0 aromatic heterocycles. The van der Waals surface area contributed by atoms with Crippen LogP contribution in [0, 0.1) is 0 Å². The number of anilines is 1. The summed E-state index contributed by atoms with van der Waals surface area (Å²) in [5.74, 6) is -1.89. The topological polar surface area (TPSA) is 86.7 Å². The molecule has 2 atom stereocenters. The molecule has 0 saturated heterocycles. The van der Waals surface area contributed by atoms with E-state index in [1.807, 2.05) is 12.1 Å². The summed E-state index contributed by atoms with van der Waals surface area (Å²) in [6, 6.07) is 13.9. The fourth-order valence-electron chi connectivity index (χ4n) is 3.16. The number of fused-ring (bicyclic) bond motifs is 1. The Bertz CT molecular complexity index is 819. The van der Waals surface area contributed by atoms with Crippen LogP contribution in [0.15, 0.2) is 54.6 Å². The Balaban J connectivity index is 1.85. The van der Waals surface area contributed by atoms with Gasteiger partial charge in [0.2, 0.25) is 11.8 Å². The van der Waals surface area contributed by atoms with Gasteiger partial charge in [0.1, 0.15) is 6.04 Å². The Morgan fingerprint density at radius 1 is 1.08 bits per heavy atom. The number of aliphatic carboxylic acids is 1. The third-order valence-electron chi connectivity index (χ3n) is 4.28. The number of nitrogens with one attached hydrogen (secondary N) is 1. The van der Waals surface area contributed by atoms with Gasteiger partial charge in [-0.15, -0.1) is 0 Å². The van der Waals surface area contributed by atoms with Gasteiger partial charge in [-0.1, -0.05) is 48.5 Å². The Hall–Kier alpha value is -3.15. The van der Waals surface area contributed by atoms with Crippen LogP contribution in [0.3, 0.4) is 0 Å². The van der Waals surface area contributed by atoms with E-state index in [-0.39, 0.29) is 5.91 Å². The van der Waals surface area contributed by atoms with Crippen LogP contribution in [0.1, 0.15) is 24.1 Å². The molecule has 2 aromatic rings. The first kappa shape index (κ1) is 16.7. The molecule has 2 amide bonds. The smallest absolute Gasteiger partial charge is 0.330 e. The number of amides is 2. The van der Waals surface area contributed by atoms with Gasteiger partial charge >= 0.3 is 5.97 Å². The average molecular weight is 338 g/mol. The van der Waals surface area contributed by atoms with Crippen molar-refractivity contribution in [3.63, 3.8) is 0 Å². The molecular formula is C19H18N2O4. The predicted molar refractivity (Wildman–Crippen MR) is 92.1 cm³/mol. The zero-order valence-corrected chi connectivity index (χ0v) is 13.7. The predicted octanol–water partition coefficient (Wildman–Crippen LogP) is 1.91. The van der Waals surface area contributed by atoms with Crippen LogP contribution in [-0.2, 0) is 20.8 Å². The van der Waals surface area contributed by atoms with Gasteiger partial charge in [0.15, 0.2) is 6.04 Å². The number of nitrogens with zero attached hydrogens (tertiary/aromatic N) is 1. The highest BCUT2D eigenvalue weighted by Gasteiger charge is 2.38. The normalized spacial score (nSPS) is 16.8. The van der Waals surface area contributed by atoms with Crippen LogP contribution < -0.4 is 10.2 Å². The Kier molecular flexibility index (Phi) is 4.52. The van der Waals surface area contributed by atoms with Crippen molar-refractivity contribution in [1.29, 1.82) is 0 Å². The van der Waals surface area contributed by atoms with E-state index in [1.54, 1.807) is 42.5 Å².